The minimum atomic E-state index is 0.155. The van der Waals surface area contributed by atoms with Crippen molar-refractivity contribution in [1.29, 1.82) is 0 Å². The molecule has 2 aliphatic rings. The number of carbonyl (C=O) groups is 1. The highest BCUT2D eigenvalue weighted by Gasteiger charge is 2.43. The first-order valence-electron chi connectivity index (χ1n) is 7.60. The van der Waals surface area contributed by atoms with Gasteiger partial charge in [0.1, 0.15) is 0 Å². The van der Waals surface area contributed by atoms with Crippen molar-refractivity contribution in [3.8, 4) is 0 Å². The van der Waals surface area contributed by atoms with Crippen molar-refractivity contribution < 1.29 is 4.79 Å². The first-order valence-corrected chi connectivity index (χ1v) is 7.60. The van der Waals surface area contributed by atoms with Gasteiger partial charge in [-0.2, -0.15) is 0 Å². The highest BCUT2D eigenvalue weighted by molar-refractivity contribution is 5.98. The summed E-state index contributed by atoms with van der Waals surface area (Å²) in [5, 5.41) is 4.46. The second-order valence-electron chi connectivity index (χ2n) is 6.19. The van der Waals surface area contributed by atoms with Crippen molar-refractivity contribution in [3.05, 3.63) is 42.1 Å². The van der Waals surface area contributed by atoms with Crippen molar-refractivity contribution in [2.24, 2.45) is 11.8 Å². The van der Waals surface area contributed by atoms with E-state index in [1.807, 2.05) is 35.2 Å². The molecule has 1 aromatic heterocycles. The largest absolute Gasteiger partial charge is 0.335 e. The van der Waals surface area contributed by atoms with Crippen molar-refractivity contribution >= 4 is 16.8 Å². The second kappa shape index (κ2) is 4.81. The van der Waals surface area contributed by atoms with Gasteiger partial charge in [-0.3, -0.25) is 9.78 Å². The van der Waals surface area contributed by atoms with Gasteiger partial charge in [-0.15, -0.1) is 0 Å². The molecule has 21 heavy (non-hydrogen) atoms. The van der Waals surface area contributed by atoms with Gasteiger partial charge in [0, 0.05) is 42.8 Å². The van der Waals surface area contributed by atoms with Gasteiger partial charge in [-0.05, 0) is 43.0 Å². The maximum atomic E-state index is 12.8. The second-order valence-corrected chi connectivity index (χ2v) is 6.19. The van der Waals surface area contributed by atoms with Crippen molar-refractivity contribution in [1.82, 2.24) is 15.2 Å². The fourth-order valence-corrected chi connectivity index (χ4v) is 3.81. The van der Waals surface area contributed by atoms with Gasteiger partial charge in [-0.1, -0.05) is 6.07 Å². The van der Waals surface area contributed by atoms with E-state index in [2.05, 4.69) is 17.2 Å². The van der Waals surface area contributed by atoms with Crippen LogP contribution >= 0.6 is 0 Å². The summed E-state index contributed by atoms with van der Waals surface area (Å²) in [5.41, 5.74) is 1.71. The van der Waals surface area contributed by atoms with E-state index in [-0.39, 0.29) is 5.91 Å². The number of fused-ring (bicyclic) bond motifs is 2. The molecule has 3 atom stereocenters. The van der Waals surface area contributed by atoms with E-state index in [0.29, 0.717) is 17.9 Å². The Bertz CT molecular complexity index is 699. The number of hydrogen-bond donors (Lipinski definition) is 1. The highest BCUT2D eigenvalue weighted by atomic mass is 16.2. The molecule has 1 amide bonds. The number of aromatic nitrogens is 1. The molecule has 4 nitrogen and oxygen atoms in total. The number of hydrogen-bond acceptors (Lipinski definition) is 3. The molecular weight excluding hydrogens is 262 g/mol. The lowest BCUT2D eigenvalue weighted by atomic mass is 9.95. The Labute approximate surface area is 124 Å². The van der Waals surface area contributed by atoms with Crippen molar-refractivity contribution in [2.75, 3.05) is 19.6 Å². The van der Waals surface area contributed by atoms with Crippen LogP contribution in [0.5, 0.6) is 0 Å². The smallest absolute Gasteiger partial charge is 0.254 e. The predicted molar refractivity (Wildman–Crippen MR) is 82.1 cm³/mol. The van der Waals surface area contributed by atoms with Crippen LogP contribution in [0.25, 0.3) is 10.9 Å². The van der Waals surface area contributed by atoms with Crippen LogP contribution in [0.15, 0.2) is 36.5 Å². The average Bonchev–Trinajstić information content (AvgIpc) is 3.09. The predicted octanol–water partition coefficient (Wildman–Crippen LogP) is 1.91. The van der Waals surface area contributed by atoms with Crippen molar-refractivity contribution in [2.45, 2.75) is 13.0 Å². The van der Waals surface area contributed by atoms with Crippen LogP contribution in [0.3, 0.4) is 0 Å². The average molecular weight is 281 g/mol. The zero-order valence-corrected chi connectivity index (χ0v) is 12.1. The molecule has 3 unspecified atom stereocenters. The van der Waals surface area contributed by atoms with E-state index in [0.717, 1.165) is 36.1 Å². The Kier molecular flexibility index (Phi) is 2.93. The lowest BCUT2D eigenvalue weighted by molar-refractivity contribution is 0.0728. The van der Waals surface area contributed by atoms with Crippen LogP contribution in [-0.2, 0) is 0 Å². The minimum absolute atomic E-state index is 0.155. The molecule has 2 aromatic rings. The van der Waals surface area contributed by atoms with Crippen LogP contribution in [0.2, 0.25) is 0 Å². The molecule has 2 aliphatic heterocycles. The lowest BCUT2D eigenvalue weighted by Gasteiger charge is -2.24. The van der Waals surface area contributed by atoms with Gasteiger partial charge in [0.05, 0.1) is 5.52 Å². The summed E-state index contributed by atoms with van der Waals surface area (Å²) in [6.07, 6.45) is 1.78. The Hall–Kier alpha value is -1.94. The Morgan fingerprint density at radius 3 is 3.10 bits per heavy atom. The molecule has 0 spiro atoms. The molecule has 1 aromatic carbocycles. The van der Waals surface area contributed by atoms with E-state index in [1.165, 1.54) is 0 Å². The number of nitrogens with zero attached hydrogens (tertiary/aromatic N) is 2. The molecule has 0 bridgehead atoms. The van der Waals surface area contributed by atoms with Crippen LogP contribution in [0.1, 0.15) is 17.3 Å². The Balaban J connectivity index is 1.64. The molecule has 1 N–H and O–H groups in total. The zero-order chi connectivity index (χ0) is 14.4. The van der Waals surface area contributed by atoms with Crippen LogP contribution < -0.4 is 5.32 Å². The third kappa shape index (κ3) is 2.02. The summed E-state index contributed by atoms with van der Waals surface area (Å²) >= 11 is 0. The first-order chi connectivity index (χ1) is 10.2. The zero-order valence-electron chi connectivity index (χ0n) is 12.1. The van der Waals surface area contributed by atoms with E-state index in [4.69, 9.17) is 0 Å². The van der Waals surface area contributed by atoms with Crippen LogP contribution in [0, 0.1) is 11.8 Å². The molecule has 4 rings (SSSR count). The minimum Gasteiger partial charge on any atom is -0.335 e. The molecule has 2 saturated heterocycles. The summed E-state index contributed by atoms with van der Waals surface area (Å²) in [4.78, 5) is 19.2. The van der Waals surface area contributed by atoms with Crippen LogP contribution in [0.4, 0.5) is 0 Å². The van der Waals surface area contributed by atoms with Gasteiger partial charge < -0.3 is 10.2 Å². The number of rotatable bonds is 1. The van der Waals surface area contributed by atoms with Crippen molar-refractivity contribution in [3.63, 3.8) is 0 Å². The molecule has 0 saturated carbocycles. The van der Waals surface area contributed by atoms with E-state index in [1.54, 1.807) is 6.20 Å². The molecule has 3 heterocycles. The number of pyridine rings is 1. The van der Waals surface area contributed by atoms with E-state index >= 15 is 0 Å². The quantitative estimate of drug-likeness (QED) is 0.868. The molecular formula is C17H19N3O. The summed E-state index contributed by atoms with van der Waals surface area (Å²) in [7, 11) is 0. The number of likely N-dealkylation sites (tertiary alicyclic amines) is 1. The monoisotopic (exact) mass is 281 g/mol. The van der Waals surface area contributed by atoms with Gasteiger partial charge in [0.25, 0.3) is 5.91 Å². The third-order valence-corrected chi connectivity index (χ3v) is 5.05. The SMILES string of the molecule is CC1C2CNCC2CN1C(=O)c1ccc2ncccc2c1. The molecule has 108 valence electrons. The summed E-state index contributed by atoms with van der Waals surface area (Å²) < 4.78 is 0. The molecule has 4 heteroatoms. The molecule has 0 aliphatic carbocycles. The van der Waals surface area contributed by atoms with Crippen LogP contribution in [-0.4, -0.2) is 41.5 Å². The Morgan fingerprint density at radius 2 is 2.24 bits per heavy atom. The van der Waals surface area contributed by atoms with Gasteiger partial charge >= 0.3 is 0 Å². The lowest BCUT2D eigenvalue weighted by Crippen LogP contribution is -2.38. The van der Waals surface area contributed by atoms with Gasteiger partial charge in [0.2, 0.25) is 0 Å². The number of carbonyl (C=O) groups excluding carboxylic acids is 1. The fourth-order valence-electron chi connectivity index (χ4n) is 3.81. The van der Waals surface area contributed by atoms with Gasteiger partial charge in [-0.25, -0.2) is 0 Å². The number of nitrogens with one attached hydrogen (secondary N) is 1. The Morgan fingerprint density at radius 1 is 1.33 bits per heavy atom. The fraction of sp³-hybridized carbons (Fsp3) is 0.412. The summed E-state index contributed by atoms with van der Waals surface area (Å²) in [6.45, 7) is 5.14. The maximum Gasteiger partial charge on any atom is 0.254 e. The highest BCUT2D eigenvalue weighted by Crippen LogP contribution is 2.33. The molecule has 2 fully saturated rings. The number of amides is 1. The topological polar surface area (TPSA) is 45.2 Å². The molecule has 0 radical (unpaired) electrons. The standard InChI is InChI=1S/C17H19N3O/c1-11-15-9-18-8-14(15)10-20(11)17(21)13-4-5-16-12(7-13)3-2-6-19-16/h2-7,11,14-15,18H,8-10H2,1H3. The maximum absolute atomic E-state index is 12.8. The summed E-state index contributed by atoms with van der Waals surface area (Å²) in [6, 6.07) is 10.0. The van der Waals surface area contributed by atoms with Gasteiger partial charge in [0.15, 0.2) is 0 Å². The number of benzene rings is 1. The normalized spacial score (nSPS) is 28.0. The summed E-state index contributed by atoms with van der Waals surface area (Å²) in [5.74, 6) is 1.38. The first kappa shape index (κ1) is 12.8. The third-order valence-electron chi connectivity index (χ3n) is 5.05. The van der Waals surface area contributed by atoms with E-state index in [9.17, 15) is 4.79 Å². The van der Waals surface area contributed by atoms with E-state index < -0.39 is 0 Å².